The Morgan fingerprint density at radius 1 is 1.33 bits per heavy atom. The SMILES string of the molecule is O=C(C1COCCN1)N1CC(O)C(O)C1. The number of β-amino-alcohol motifs (C(OH)–C–C–N with tert-alkyl or cyclic N) is 2. The quantitative estimate of drug-likeness (QED) is 0.453. The van der Waals surface area contributed by atoms with Crippen LogP contribution in [-0.4, -0.2) is 72.1 Å². The number of amides is 1. The largest absolute Gasteiger partial charge is 0.388 e. The number of likely N-dealkylation sites (tertiary alicyclic amines) is 1. The van der Waals surface area contributed by atoms with Crippen LogP contribution < -0.4 is 5.32 Å². The zero-order valence-corrected chi connectivity index (χ0v) is 8.43. The molecule has 0 spiro atoms. The van der Waals surface area contributed by atoms with Gasteiger partial charge in [0.2, 0.25) is 5.91 Å². The fraction of sp³-hybridized carbons (Fsp3) is 0.889. The second-order valence-corrected chi connectivity index (χ2v) is 3.96. The minimum atomic E-state index is -0.821. The van der Waals surface area contributed by atoms with E-state index in [9.17, 15) is 15.0 Å². The summed E-state index contributed by atoms with van der Waals surface area (Å²) in [7, 11) is 0. The van der Waals surface area contributed by atoms with Gasteiger partial charge in [0.25, 0.3) is 0 Å². The van der Waals surface area contributed by atoms with Gasteiger partial charge in [-0.2, -0.15) is 0 Å². The van der Waals surface area contributed by atoms with Gasteiger partial charge >= 0.3 is 0 Å². The molecule has 6 heteroatoms. The Balaban J connectivity index is 1.90. The summed E-state index contributed by atoms with van der Waals surface area (Å²) in [5, 5.41) is 21.7. The van der Waals surface area contributed by atoms with Crippen LogP contribution in [0.4, 0.5) is 0 Å². The molecule has 0 aliphatic carbocycles. The third-order valence-electron chi connectivity index (χ3n) is 2.79. The van der Waals surface area contributed by atoms with E-state index in [1.165, 1.54) is 4.90 Å². The molecular formula is C9H16N2O4. The molecule has 1 amide bonds. The van der Waals surface area contributed by atoms with E-state index in [1.807, 2.05) is 0 Å². The van der Waals surface area contributed by atoms with Gasteiger partial charge in [0.05, 0.1) is 25.4 Å². The van der Waals surface area contributed by atoms with E-state index < -0.39 is 12.2 Å². The van der Waals surface area contributed by atoms with Crippen molar-refractivity contribution in [3.05, 3.63) is 0 Å². The Kier molecular flexibility index (Phi) is 3.20. The van der Waals surface area contributed by atoms with E-state index in [2.05, 4.69) is 5.32 Å². The van der Waals surface area contributed by atoms with E-state index >= 15 is 0 Å². The lowest BCUT2D eigenvalue weighted by Crippen LogP contribution is -2.52. The van der Waals surface area contributed by atoms with E-state index in [-0.39, 0.29) is 25.0 Å². The van der Waals surface area contributed by atoms with E-state index in [1.54, 1.807) is 0 Å². The summed E-state index contributed by atoms with van der Waals surface area (Å²) in [4.78, 5) is 13.3. The third-order valence-corrected chi connectivity index (χ3v) is 2.79. The number of ether oxygens (including phenoxy) is 1. The molecule has 2 saturated heterocycles. The van der Waals surface area contributed by atoms with Gasteiger partial charge in [-0.15, -0.1) is 0 Å². The highest BCUT2D eigenvalue weighted by Gasteiger charge is 2.35. The molecule has 2 rings (SSSR count). The number of nitrogens with zero attached hydrogens (tertiary/aromatic N) is 1. The van der Waals surface area contributed by atoms with E-state index in [4.69, 9.17) is 4.74 Å². The van der Waals surface area contributed by atoms with Crippen LogP contribution in [0.2, 0.25) is 0 Å². The Labute approximate surface area is 87.8 Å². The molecule has 0 radical (unpaired) electrons. The molecule has 0 aromatic carbocycles. The summed E-state index contributed by atoms with van der Waals surface area (Å²) >= 11 is 0. The number of hydrogen-bond acceptors (Lipinski definition) is 5. The molecule has 15 heavy (non-hydrogen) atoms. The van der Waals surface area contributed by atoms with E-state index in [0.717, 1.165) is 0 Å². The van der Waals surface area contributed by atoms with E-state index in [0.29, 0.717) is 19.8 Å². The summed E-state index contributed by atoms with van der Waals surface area (Å²) in [6.07, 6.45) is -1.64. The van der Waals surface area contributed by atoms with Crippen molar-refractivity contribution in [3.8, 4) is 0 Å². The number of carbonyl (C=O) groups is 1. The lowest BCUT2D eigenvalue weighted by Gasteiger charge is -2.27. The van der Waals surface area contributed by atoms with Gasteiger partial charge < -0.3 is 25.2 Å². The summed E-state index contributed by atoms with van der Waals surface area (Å²) in [5.74, 6) is -0.106. The standard InChI is InChI=1S/C9H16N2O4/c12-7-3-11(4-8(7)13)9(14)6-5-15-2-1-10-6/h6-8,10,12-13H,1-5H2. The molecule has 86 valence electrons. The lowest BCUT2D eigenvalue weighted by atomic mass is 10.2. The van der Waals surface area contributed by atoms with Gasteiger partial charge in [-0.05, 0) is 0 Å². The molecule has 0 aromatic rings. The molecule has 0 bridgehead atoms. The van der Waals surface area contributed by atoms with Crippen LogP contribution in [0.1, 0.15) is 0 Å². The summed E-state index contributed by atoms with van der Waals surface area (Å²) in [6.45, 7) is 2.06. The van der Waals surface area contributed by atoms with Crippen LogP contribution in [0.25, 0.3) is 0 Å². The Morgan fingerprint density at radius 3 is 2.53 bits per heavy atom. The molecule has 3 unspecified atom stereocenters. The Bertz CT molecular complexity index is 232. The second-order valence-electron chi connectivity index (χ2n) is 3.96. The fourth-order valence-corrected chi connectivity index (χ4v) is 1.89. The summed E-state index contributed by atoms with van der Waals surface area (Å²) in [5.41, 5.74) is 0. The van der Waals surface area contributed by atoms with Crippen LogP contribution in [0.15, 0.2) is 0 Å². The highest BCUT2D eigenvalue weighted by atomic mass is 16.5. The average Bonchev–Trinajstić information content (AvgIpc) is 2.59. The minimum Gasteiger partial charge on any atom is -0.388 e. The monoisotopic (exact) mass is 216 g/mol. The number of aliphatic hydroxyl groups excluding tert-OH is 2. The first-order chi connectivity index (χ1) is 7.18. The smallest absolute Gasteiger partial charge is 0.242 e. The lowest BCUT2D eigenvalue weighted by molar-refractivity contribution is -0.135. The normalized spacial score (nSPS) is 36.9. The van der Waals surface area contributed by atoms with Crippen LogP contribution in [0.5, 0.6) is 0 Å². The number of carbonyl (C=O) groups excluding carboxylic acids is 1. The first kappa shape index (κ1) is 10.8. The van der Waals surface area contributed by atoms with Gasteiger partial charge in [0.1, 0.15) is 6.04 Å². The van der Waals surface area contributed by atoms with Gasteiger partial charge in [-0.1, -0.05) is 0 Å². The van der Waals surface area contributed by atoms with Gasteiger partial charge in [0.15, 0.2) is 0 Å². The molecule has 2 fully saturated rings. The molecule has 3 atom stereocenters. The number of hydrogen-bond donors (Lipinski definition) is 3. The number of aliphatic hydroxyl groups is 2. The second kappa shape index (κ2) is 4.44. The molecule has 2 heterocycles. The molecule has 0 saturated carbocycles. The molecule has 2 aliphatic rings. The molecule has 6 nitrogen and oxygen atoms in total. The minimum absolute atomic E-state index is 0.106. The zero-order valence-electron chi connectivity index (χ0n) is 8.43. The third kappa shape index (κ3) is 2.28. The molecule has 2 aliphatic heterocycles. The van der Waals surface area contributed by atoms with Crippen molar-refractivity contribution in [2.75, 3.05) is 32.8 Å². The van der Waals surface area contributed by atoms with Gasteiger partial charge in [-0.25, -0.2) is 0 Å². The van der Waals surface area contributed by atoms with Gasteiger partial charge in [-0.3, -0.25) is 4.79 Å². The molecule has 0 aromatic heterocycles. The molecule has 3 N–H and O–H groups in total. The predicted octanol–water partition coefficient (Wildman–Crippen LogP) is -2.46. The maximum atomic E-state index is 11.9. The maximum Gasteiger partial charge on any atom is 0.242 e. The van der Waals surface area contributed by atoms with Crippen molar-refractivity contribution in [2.45, 2.75) is 18.2 Å². The first-order valence-corrected chi connectivity index (χ1v) is 5.14. The number of nitrogens with one attached hydrogen (secondary N) is 1. The number of rotatable bonds is 1. The topological polar surface area (TPSA) is 82.0 Å². The highest BCUT2D eigenvalue weighted by Crippen LogP contribution is 2.12. The van der Waals surface area contributed by atoms with Crippen molar-refractivity contribution >= 4 is 5.91 Å². The van der Waals surface area contributed by atoms with Crippen molar-refractivity contribution in [3.63, 3.8) is 0 Å². The van der Waals surface area contributed by atoms with Crippen LogP contribution >= 0.6 is 0 Å². The predicted molar refractivity (Wildman–Crippen MR) is 51.2 cm³/mol. The van der Waals surface area contributed by atoms with Crippen LogP contribution in [0, 0.1) is 0 Å². The first-order valence-electron chi connectivity index (χ1n) is 5.14. The van der Waals surface area contributed by atoms with Crippen molar-refractivity contribution in [1.82, 2.24) is 10.2 Å². The molecular weight excluding hydrogens is 200 g/mol. The van der Waals surface area contributed by atoms with Crippen LogP contribution in [0.3, 0.4) is 0 Å². The summed E-state index contributed by atoms with van der Waals surface area (Å²) in [6, 6.07) is -0.337. The van der Waals surface area contributed by atoms with Crippen molar-refractivity contribution in [2.24, 2.45) is 0 Å². The highest BCUT2D eigenvalue weighted by molar-refractivity contribution is 5.82. The summed E-state index contributed by atoms with van der Waals surface area (Å²) < 4.78 is 5.18. The van der Waals surface area contributed by atoms with Gasteiger partial charge in [0, 0.05) is 19.6 Å². The zero-order chi connectivity index (χ0) is 10.8. The van der Waals surface area contributed by atoms with Crippen molar-refractivity contribution < 1.29 is 19.7 Å². The fourth-order valence-electron chi connectivity index (χ4n) is 1.89. The average molecular weight is 216 g/mol. The maximum absolute atomic E-state index is 11.9. The number of morpholine rings is 1. The Morgan fingerprint density at radius 2 is 2.00 bits per heavy atom. The Hall–Kier alpha value is -0.690. The van der Waals surface area contributed by atoms with Crippen molar-refractivity contribution in [1.29, 1.82) is 0 Å². The van der Waals surface area contributed by atoms with Crippen LogP contribution in [-0.2, 0) is 9.53 Å².